The van der Waals surface area contributed by atoms with Crippen molar-refractivity contribution >= 4 is 29.2 Å². The second-order valence-electron chi connectivity index (χ2n) is 16.2. The third-order valence-corrected chi connectivity index (χ3v) is 13.4. The molecule has 4 aliphatic rings. The van der Waals surface area contributed by atoms with Gasteiger partial charge >= 0.3 is 12.1 Å². The van der Waals surface area contributed by atoms with Crippen LogP contribution < -0.4 is 0 Å². The van der Waals surface area contributed by atoms with Gasteiger partial charge in [0.25, 0.3) is 0 Å². The zero-order valence-electron chi connectivity index (χ0n) is 33.4. The van der Waals surface area contributed by atoms with Crippen molar-refractivity contribution in [1.82, 2.24) is 14.8 Å². The maximum absolute atomic E-state index is 13.3. The highest BCUT2D eigenvalue weighted by Crippen LogP contribution is 2.45. The molecule has 3 fully saturated rings. The zero-order chi connectivity index (χ0) is 40.9. The Hall–Kier alpha value is -5.04. The number of carboxylic acids is 1. The maximum atomic E-state index is 13.3. The van der Waals surface area contributed by atoms with E-state index in [0.717, 1.165) is 86.3 Å². The summed E-state index contributed by atoms with van der Waals surface area (Å²) in [6, 6.07) is 29.2. The average molecular weight is 803 g/mol. The first-order valence-corrected chi connectivity index (χ1v) is 21.0. The van der Waals surface area contributed by atoms with Crippen LogP contribution in [0.3, 0.4) is 0 Å². The van der Waals surface area contributed by atoms with Crippen LogP contribution in [0.4, 0.5) is 9.18 Å². The van der Waals surface area contributed by atoms with Gasteiger partial charge in [0.15, 0.2) is 0 Å². The fourth-order valence-corrected chi connectivity index (χ4v) is 10.0. The van der Waals surface area contributed by atoms with E-state index >= 15 is 0 Å². The highest BCUT2D eigenvalue weighted by atomic mass is 35.5. The summed E-state index contributed by atoms with van der Waals surface area (Å²) in [6.45, 7) is 7.15. The molecule has 1 amide bonds. The van der Waals surface area contributed by atoms with E-state index in [9.17, 15) is 24.3 Å². The monoisotopic (exact) mass is 802 g/mol. The number of likely N-dealkylation sites (tertiary alicyclic amines) is 2. The van der Waals surface area contributed by atoms with E-state index in [-0.39, 0.29) is 17.8 Å². The number of carbonyl (C=O) groups is 2. The summed E-state index contributed by atoms with van der Waals surface area (Å²) in [4.78, 5) is 33.4. The summed E-state index contributed by atoms with van der Waals surface area (Å²) in [5.74, 6) is -1.04. The topological polar surface area (TPSA) is 107 Å². The van der Waals surface area contributed by atoms with Crippen LogP contribution in [0, 0.1) is 23.1 Å². The Morgan fingerprint density at radius 2 is 1.62 bits per heavy atom. The lowest BCUT2D eigenvalue weighted by atomic mass is 9.65. The number of carboxylic acid groups (broad SMARTS) is 1. The molecule has 8 nitrogen and oxygen atoms in total. The number of carbonyl (C=O) groups excluding carboxylic acids is 1. The number of ether oxygens (including phenoxy) is 1. The molecule has 302 valence electrons. The minimum absolute atomic E-state index is 0.0131. The van der Waals surface area contributed by atoms with Gasteiger partial charge in [0.1, 0.15) is 5.82 Å². The van der Waals surface area contributed by atoms with E-state index in [1.54, 1.807) is 17.0 Å². The van der Waals surface area contributed by atoms with Gasteiger partial charge in [-0.05, 0) is 135 Å². The molecule has 2 aliphatic carbocycles. The normalized spacial score (nSPS) is 24.6. The predicted molar refractivity (Wildman–Crippen MR) is 224 cm³/mol. The van der Waals surface area contributed by atoms with E-state index < -0.39 is 16.8 Å². The molecule has 1 saturated carbocycles. The average Bonchev–Trinajstić information content (AvgIpc) is 3.41. The number of halogens is 2. The molecule has 1 aromatic heterocycles. The number of hydrogen-bond donors (Lipinski definition) is 1. The summed E-state index contributed by atoms with van der Waals surface area (Å²) < 4.78 is 18.5. The summed E-state index contributed by atoms with van der Waals surface area (Å²) in [5.41, 5.74) is 7.84. The van der Waals surface area contributed by atoms with Gasteiger partial charge in [0, 0.05) is 42.5 Å². The van der Waals surface area contributed by atoms with E-state index in [0.29, 0.717) is 32.2 Å². The van der Waals surface area contributed by atoms with Crippen molar-refractivity contribution in [2.24, 2.45) is 5.92 Å². The number of pyridine rings is 1. The molecule has 2 aliphatic heterocycles. The number of rotatable bonds is 5. The van der Waals surface area contributed by atoms with Gasteiger partial charge in [-0.1, -0.05) is 78.7 Å². The van der Waals surface area contributed by atoms with Crippen LogP contribution in [0.1, 0.15) is 92.3 Å². The number of nitrogens with zero attached hydrogens (tertiary/aromatic N) is 4. The molecule has 3 heterocycles. The van der Waals surface area contributed by atoms with Crippen LogP contribution in [-0.4, -0.2) is 70.8 Å². The number of amides is 1. The molecule has 10 heteroatoms. The van der Waals surface area contributed by atoms with Gasteiger partial charge in [-0.3, -0.25) is 9.78 Å². The van der Waals surface area contributed by atoms with Crippen LogP contribution >= 0.6 is 11.6 Å². The van der Waals surface area contributed by atoms with Crippen molar-refractivity contribution in [2.45, 2.75) is 88.5 Å². The molecule has 2 saturated heterocycles. The van der Waals surface area contributed by atoms with Crippen molar-refractivity contribution in [3.8, 4) is 6.07 Å². The summed E-state index contributed by atoms with van der Waals surface area (Å²) >= 11 is 6.27. The smallest absolute Gasteiger partial charge is 0.409 e. The number of aliphatic carboxylic acids is 1. The van der Waals surface area contributed by atoms with Gasteiger partial charge in [-0.15, -0.1) is 0 Å². The first kappa shape index (κ1) is 41.1. The highest BCUT2D eigenvalue weighted by Gasteiger charge is 2.50. The minimum atomic E-state index is -0.850. The Balaban J connectivity index is 0.000000178. The van der Waals surface area contributed by atoms with Gasteiger partial charge < -0.3 is 19.6 Å². The Kier molecular flexibility index (Phi) is 12.7. The molecule has 3 aromatic carbocycles. The third-order valence-electron chi connectivity index (χ3n) is 13.1. The number of aryl methyl sites for hydroxylation is 2. The Bertz CT molecular complexity index is 2170. The van der Waals surface area contributed by atoms with E-state index in [1.165, 1.54) is 40.0 Å². The number of hydrogen-bond acceptors (Lipinski definition) is 6. The van der Waals surface area contributed by atoms with Crippen molar-refractivity contribution in [3.63, 3.8) is 0 Å². The van der Waals surface area contributed by atoms with E-state index in [4.69, 9.17) is 21.3 Å². The molecule has 2 atom stereocenters. The zero-order valence-corrected chi connectivity index (χ0v) is 34.2. The molecule has 0 spiro atoms. The first-order valence-electron chi connectivity index (χ1n) is 20.7. The van der Waals surface area contributed by atoms with Crippen LogP contribution in [0.15, 0.2) is 96.7 Å². The lowest BCUT2D eigenvalue weighted by molar-refractivity contribution is -0.149. The van der Waals surface area contributed by atoms with Crippen molar-refractivity contribution in [1.29, 1.82) is 5.26 Å². The lowest BCUT2D eigenvalue weighted by Gasteiger charge is -2.48. The number of piperidine rings is 2. The van der Waals surface area contributed by atoms with Crippen molar-refractivity contribution < 1.29 is 23.8 Å². The fraction of sp³-hybridized carbons (Fsp3) is 0.417. The molecule has 58 heavy (non-hydrogen) atoms. The molecule has 1 N–H and O–H groups in total. The van der Waals surface area contributed by atoms with Gasteiger partial charge in [-0.25, -0.2) is 9.18 Å². The van der Waals surface area contributed by atoms with Gasteiger partial charge in [0.2, 0.25) is 0 Å². The molecular weight excluding hydrogens is 751 g/mol. The van der Waals surface area contributed by atoms with Crippen LogP contribution in [0.25, 0.3) is 5.57 Å². The van der Waals surface area contributed by atoms with E-state index in [2.05, 4.69) is 29.2 Å². The summed E-state index contributed by atoms with van der Waals surface area (Å²) in [5, 5.41) is 20.9. The Labute approximate surface area is 346 Å². The summed E-state index contributed by atoms with van der Waals surface area (Å²) in [7, 11) is 0. The minimum Gasteiger partial charge on any atom is -0.481 e. The molecule has 0 bridgehead atoms. The largest absolute Gasteiger partial charge is 0.481 e. The quantitative estimate of drug-likeness (QED) is 0.214. The van der Waals surface area contributed by atoms with Crippen LogP contribution in [0.5, 0.6) is 0 Å². The fourth-order valence-electron chi connectivity index (χ4n) is 9.85. The number of nitriles is 1. The standard InChI is InChI=1S/C26H29FN2O2.C22H23ClN2O2/c1-19-17-29(16-15-26(19,24(30)31)21-5-3-2-4-6-21)23-11-13-25(18-28,14-12-23)20-7-9-22(27)10-8-20;1-2-27-22(26)25-12-9-15(10-13-25)20-19-8-7-18(23)14-17(19)6-5-16-4-3-11-24-21(16)20/h2-10,19,23H,11-17H2,1H3,(H,30,31);3-4,7-8,11,14H,2,5-6,9-10,12-13H2,1H3/t19-,23?,25?,26-;/m1./s1. The molecular formula is C48H52ClFN4O4. The molecule has 4 aromatic rings. The molecule has 0 radical (unpaired) electrons. The van der Waals surface area contributed by atoms with Gasteiger partial charge in [-0.2, -0.15) is 5.26 Å². The van der Waals surface area contributed by atoms with Crippen LogP contribution in [0.2, 0.25) is 5.02 Å². The molecule has 8 rings (SSSR count). The van der Waals surface area contributed by atoms with Crippen molar-refractivity contribution in [3.05, 3.63) is 141 Å². The second kappa shape index (κ2) is 17.8. The number of benzene rings is 3. The number of fused-ring (bicyclic) bond motifs is 2. The maximum Gasteiger partial charge on any atom is 0.409 e. The molecule has 0 unspecified atom stereocenters. The van der Waals surface area contributed by atoms with Gasteiger partial charge in [0.05, 0.1) is 29.2 Å². The lowest BCUT2D eigenvalue weighted by Crippen LogP contribution is -2.56. The predicted octanol–water partition coefficient (Wildman–Crippen LogP) is 9.78. The van der Waals surface area contributed by atoms with Crippen LogP contribution in [-0.2, 0) is 33.2 Å². The third kappa shape index (κ3) is 8.28. The Morgan fingerprint density at radius 3 is 2.28 bits per heavy atom. The highest BCUT2D eigenvalue weighted by molar-refractivity contribution is 6.30. The van der Waals surface area contributed by atoms with Crippen molar-refractivity contribution in [2.75, 3.05) is 32.8 Å². The number of aromatic nitrogens is 1. The second-order valence-corrected chi connectivity index (χ2v) is 16.6. The Morgan fingerprint density at radius 1 is 0.914 bits per heavy atom. The SMILES string of the molecule is CCOC(=O)N1CCC(=C2c3ccc(Cl)cc3CCc3cccnc32)CC1.C[C@@H]1CN(C2CCC(C#N)(c3ccc(F)cc3)CC2)CC[C@]1(C(=O)O)c1ccccc1. The summed E-state index contributed by atoms with van der Waals surface area (Å²) in [6.07, 6.45) is 9.11. The first-order chi connectivity index (χ1) is 28.1. The van der Waals surface area contributed by atoms with E-state index in [1.807, 2.05) is 62.5 Å².